The molecule has 0 radical (unpaired) electrons. The largest absolute Gasteiger partial charge is 0.497 e. The average Bonchev–Trinajstić information content (AvgIpc) is 3.44. The number of hydrogen-bond donors (Lipinski definition) is 0. The molecule has 2 aromatic carbocycles. The van der Waals surface area contributed by atoms with Crippen LogP contribution in [0.25, 0.3) is 17.1 Å². The summed E-state index contributed by atoms with van der Waals surface area (Å²) in [5.74, 6) is 1.53. The summed E-state index contributed by atoms with van der Waals surface area (Å²) in [6, 6.07) is 13.3. The predicted molar refractivity (Wildman–Crippen MR) is 124 cm³/mol. The fraction of sp³-hybridized carbons (Fsp3) is 0.280. The minimum absolute atomic E-state index is 0.0653. The lowest BCUT2D eigenvalue weighted by Crippen LogP contribution is -2.09. The fourth-order valence-electron chi connectivity index (χ4n) is 3.49. The van der Waals surface area contributed by atoms with Crippen LogP contribution in [0.2, 0.25) is 0 Å². The Labute approximate surface area is 197 Å². The van der Waals surface area contributed by atoms with E-state index in [-0.39, 0.29) is 12.3 Å². The second-order valence-electron chi connectivity index (χ2n) is 7.62. The van der Waals surface area contributed by atoms with Crippen molar-refractivity contribution in [2.24, 2.45) is 0 Å². The van der Waals surface area contributed by atoms with Gasteiger partial charge in [0.15, 0.2) is 5.69 Å². The minimum atomic E-state index is -0.583. The Balaban J connectivity index is 1.49. The van der Waals surface area contributed by atoms with Gasteiger partial charge in [0.2, 0.25) is 5.89 Å². The zero-order chi connectivity index (χ0) is 24.2. The molecule has 0 bridgehead atoms. The number of aryl methyl sites for hydroxylation is 2. The monoisotopic (exact) mass is 462 g/mol. The zero-order valence-electron chi connectivity index (χ0n) is 19.8. The second kappa shape index (κ2) is 9.78. The Morgan fingerprint density at radius 1 is 1.06 bits per heavy atom. The number of oxazole rings is 1. The molecule has 0 aliphatic rings. The maximum Gasteiger partial charge on any atom is 0.361 e. The molecule has 0 amide bonds. The lowest BCUT2D eigenvalue weighted by atomic mass is 10.1. The van der Waals surface area contributed by atoms with Crippen LogP contribution in [0.1, 0.15) is 40.1 Å². The second-order valence-corrected chi connectivity index (χ2v) is 7.62. The highest BCUT2D eigenvalue weighted by atomic mass is 16.5. The quantitative estimate of drug-likeness (QED) is 0.353. The molecule has 0 saturated heterocycles. The highest BCUT2D eigenvalue weighted by Crippen LogP contribution is 2.33. The van der Waals surface area contributed by atoms with Crippen LogP contribution in [0, 0.1) is 13.8 Å². The molecule has 0 saturated carbocycles. The third-order valence-corrected chi connectivity index (χ3v) is 5.55. The van der Waals surface area contributed by atoms with Crippen LogP contribution in [-0.2, 0) is 17.8 Å². The number of aromatic nitrogens is 4. The summed E-state index contributed by atoms with van der Waals surface area (Å²) in [5.41, 5.74) is 3.95. The smallest absolute Gasteiger partial charge is 0.361 e. The van der Waals surface area contributed by atoms with Crippen molar-refractivity contribution in [1.29, 1.82) is 0 Å². The molecule has 0 unspecified atom stereocenters. The first kappa shape index (κ1) is 23.0. The summed E-state index contributed by atoms with van der Waals surface area (Å²) in [6.07, 6.45) is 0.947. The summed E-state index contributed by atoms with van der Waals surface area (Å²) in [4.78, 5) is 17.2. The molecule has 0 fully saturated rings. The Hall–Kier alpha value is -4.14. The number of esters is 1. The Morgan fingerprint density at radius 3 is 2.50 bits per heavy atom. The summed E-state index contributed by atoms with van der Waals surface area (Å²) in [5, 5.41) is 8.15. The van der Waals surface area contributed by atoms with Crippen molar-refractivity contribution in [2.75, 3.05) is 14.2 Å². The van der Waals surface area contributed by atoms with Crippen molar-refractivity contribution >= 4 is 5.97 Å². The van der Waals surface area contributed by atoms with E-state index >= 15 is 0 Å². The lowest BCUT2D eigenvalue weighted by Gasteiger charge is -2.07. The highest BCUT2D eigenvalue weighted by molar-refractivity contribution is 5.88. The number of carbonyl (C=O) groups excluding carboxylic acids is 1. The summed E-state index contributed by atoms with van der Waals surface area (Å²) in [6.45, 7) is 5.57. The molecule has 2 aromatic heterocycles. The van der Waals surface area contributed by atoms with E-state index in [1.165, 1.54) is 5.56 Å². The fourth-order valence-corrected chi connectivity index (χ4v) is 3.49. The van der Waals surface area contributed by atoms with E-state index < -0.39 is 5.97 Å². The normalized spacial score (nSPS) is 10.9. The third-order valence-electron chi connectivity index (χ3n) is 5.55. The van der Waals surface area contributed by atoms with Gasteiger partial charge in [0.05, 0.1) is 31.2 Å². The topological polar surface area (TPSA) is 102 Å². The van der Waals surface area contributed by atoms with Gasteiger partial charge in [-0.25, -0.2) is 14.5 Å². The van der Waals surface area contributed by atoms with Crippen molar-refractivity contribution in [3.63, 3.8) is 0 Å². The molecular formula is C25H26N4O5. The first-order chi connectivity index (χ1) is 16.4. The Morgan fingerprint density at radius 2 is 1.82 bits per heavy atom. The van der Waals surface area contributed by atoms with Gasteiger partial charge in [-0.05, 0) is 50.1 Å². The number of nitrogens with zero attached hydrogens (tertiary/aromatic N) is 4. The lowest BCUT2D eigenvalue weighted by molar-refractivity contribution is 0.0459. The van der Waals surface area contributed by atoms with Crippen molar-refractivity contribution in [2.45, 2.75) is 33.8 Å². The minimum Gasteiger partial charge on any atom is -0.497 e. The number of ether oxygens (including phenoxy) is 3. The number of rotatable bonds is 8. The van der Waals surface area contributed by atoms with Crippen LogP contribution >= 0.6 is 0 Å². The Bertz CT molecular complexity index is 1310. The van der Waals surface area contributed by atoms with Crippen LogP contribution in [-0.4, -0.2) is 40.2 Å². The van der Waals surface area contributed by atoms with Crippen molar-refractivity contribution in [1.82, 2.24) is 20.0 Å². The van der Waals surface area contributed by atoms with Crippen molar-refractivity contribution in [3.05, 3.63) is 70.9 Å². The van der Waals surface area contributed by atoms with Crippen LogP contribution in [0.4, 0.5) is 0 Å². The molecule has 0 spiro atoms. The van der Waals surface area contributed by atoms with Gasteiger partial charge in [-0.1, -0.05) is 24.3 Å². The van der Waals surface area contributed by atoms with Crippen LogP contribution in [0.5, 0.6) is 11.5 Å². The van der Waals surface area contributed by atoms with E-state index in [9.17, 15) is 4.79 Å². The number of methoxy groups -OCH3 is 2. The van der Waals surface area contributed by atoms with Gasteiger partial charge in [0, 0.05) is 6.07 Å². The molecule has 0 aliphatic carbocycles. The van der Waals surface area contributed by atoms with Crippen molar-refractivity contribution < 1.29 is 23.4 Å². The maximum absolute atomic E-state index is 12.7. The standard InChI is InChI=1S/C25H26N4O5/c1-6-17-7-9-18(10-8-17)29-15(2)23(27-28-29)25(30)33-14-21-16(3)34-24(26-21)20-12-11-19(31-4)13-22(20)32-5/h7-13H,6,14H2,1-5H3. The molecular weight excluding hydrogens is 436 g/mol. The molecule has 0 aliphatic heterocycles. The molecule has 9 heteroatoms. The summed E-state index contributed by atoms with van der Waals surface area (Å²) in [7, 11) is 3.14. The van der Waals surface area contributed by atoms with Gasteiger partial charge in [0.1, 0.15) is 29.6 Å². The van der Waals surface area contributed by atoms with Gasteiger partial charge in [-0.2, -0.15) is 0 Å². The number of carbonyl (C=O) groups is 1. The van der Waals surface area contributed by atoms with E-state index in [4.69, 9.17) is 18.6 Å². The van der Waals surface area contributed by atoms with Crippen LogP contribution < -0.4 is 9.47 Å². The predicted octanol–water partition coefficient (Wildman–Crippen LogP) is 4.48. The van der Waals surface area contributed by atoms with Gasteiger partial charge in [-0.15, -0.1) is 5.10 Å². The highest BCUT2D eigenvalue weighted by Gasteiger charge is 2.21. The van der Waals surface area contributed by atoms with Gasteiger partial charge >= 0.3 is 5.97 Å². The van der Waals surface area contributed by atoms with E-state index in [1.54, 1.807) is 50.9 Å². The van der Waals surface area contributed by atoms with E-state index in [0.717, 1.165) is 12.1 Å². The average molecular weight is 463 g/mol. The first-order valence-corrected chi connectivity index (χ1v) is 10.8. The van der Waals surface area contributed by atoms with Crippen LogP contribution in [0.15, 0.2) is 46.9 Å². The van der Waals surface area contributed by atoms with Gasteiger partial charge in [-0.3, -0.25) is 0 Å². The maximum atomic E-state index is 12.7. The molecule has 176 valence electrons. The molecule has 0 atom stereocenters. The van der Waals surface area contributed by atoms with E-state index in [0.29, 0.717) is 40.1 Å². The number of hydrogen-bond acceptors (Lipinski definition) is 8. The summed E-state index contributed by atoms with van der Waals surface area (Å²) < 4.78 is 23.6. The SMILES string of the molecule is CCc1ccc(-n2nnc(C(=O)OCc3nc(-c4ccc(OC)cc4OC)oc3C)c2C)cc1. The van der Waals surface area contributed by atoms with Gasteiger partial charge in [0.25, 0.3) is 0 Å². The van der Waals surface area contributed by atoms with E-state index in [1.807, 2.05) is 24.3 Å². The molecule has 0 N–H and O–H groups in total. The van der Waals surface area contributed by atoms with E-state index in [2.05, 4.69) is 22.2 Å². The van der Waals surface area contributed by atoms with Gasteiger partial charge < -0.3 is 18.6 Å². The molecule has 4 rings (SSSR count). The summed E-state index contributed by atoms with van der Waals surface area (Å²) >= 11 is 0. The Kier molecular flexibility index (Phi) is 6.62. The molecule has 9 nitrogen and oxygen atoms in total. The first-order valence-electron chi connectivity index (χ1n) is 10.8. The van der Waals surface area contributed by atoms with Crippen molar-refractivity contribution in [3.8, 4) is 28.6 Å². The third kappa shape index (κ3) is 4.50. The number of benzene rings is 2. The zero-order valence-corrected chi connectivity index (χ0v) is 19.8. The molecule has 34 heavy (non-hydrogen) atoms. The molecule has 4 aromatic rings. The van der Waals surface area contributed by atoms with Crippen LogP contribution in [0.3, 0.4) is 0 Å². The molecule has 2 heterocycles.